The summed E-state index contributed by atoms with van der Waals surface area (Å²) in [6, 6.07) is 15.7. The number of alkyl halides is 3. The highest BCUT2D eigenvalue weighted by molar-refractivity contribution is 6.77. The molecular weight excluding hydrogens is 345 g/mol. The number of aromatic hydroxyl groups is 1. The van der Waals surface area contributed by atoms with Crippen LogP contribution in [0.2, 0.25) is 0 Å². The van der Waals surface area contributed by atoms with Crippen LogP contribution in [0.4, 0.5) is 5.69 Å². The van der Waals surface area contributed by atoms with Crippen molar-refractivity contribution in [3.05, 3.63) is 66.2 Å². The van der Waals surface area contributed by atoms with E-state index in [9.17, 15) is 9.90 Å². The third kappa shape index (κ3) is 4.41. The third-order valence-corrected chi connectivity index (χ3v) is 3.37. The van der Waals surface area contributed by atoms with Gasteiger partial charge in [-0.05, 0) is 17.7 Å². The Kier molecular flexibility index (Phi) is 5.35. The number of hydrogen-bond acceptors (Lipinski definition) is 3. The fourth-order valence-corrected chi connectivity index (χ4v) is 1.91. The van der Waals surface area contributed by atoms with Gasteiger partial charge in [0.2, 0.25) is 5.78 Å². The summed E-state index contributed by atoms with van der Waals surface area (Å²) >= 11 is 16.8. The second kappa shape index (κ2) is 7.05. The lowest BCUT2D eigenvalue weighted by atomic mass is 10.1. The molecule has 0 radical (unpaired) electrons. The summed E-state index contributed by atoms with van der Waals surface area (Å²) in [6.07, 6.45) is 1.20. The standard InChI is InChI=1S/C16H12Cl3NO2/c17-16(18,19)15(22)10-13(11-6-2-1-3-7-11)20-12-8-4-5-9-14(12)21/h1-10,20-21H/b13-10+. The van der Waals surface area contributed by atoms with E-state index >= 15 is 0 Å². The highest BCUT2D eigenvalue weighted by Gasteiger charge is 2.29. The maximum absolute atomic E-state index is 11.9. The molecule has 0 amide bonds. The van der Waals surface area contributed by atoms with Gasteiger partial charge in [0.25, 0.3) is 3.79 Å². The predicted molar refractivity (Wildman–Crippen MR) is 91.4 cm³/mol. The number of benzene rings is 2. The van der Waals surface area contributed by atoms with Crippen molar-refractivity contribution in [3.63, 3.8) is 0 Å². The fraction of sp³-hybridized carbons (Fsp3) is 0.0625. The summed E-state index contributed by atoms with van der Waals surface area (Å²) in [7, 11) is 0. The van der Waals surface area contributed by atoms with Crippen LogP contribution >= 0.6 is 34.8 Å². The van der Waals surface area contributed by atoms with Crippen LogP contribution in [-0.4, -0.2) is 14.7 Å². The molecular formula is C16H12Cl3NO2. The molecule has 2 aromatic carbocycles. The molecule has 0 aliphatic carbocycles. The molecule has 2 N–H and O–H groups in total. The molecule has 0 bridgehead atoms. The molecule has 0 atom stereocenters. The number of anilines is 1. The molecule has 2 aromatic rings. The molecule has 0 aromatic heterocycles. The number of phenolic OH excluding ortho intramolecular Hbond substituents is 1. The van der Waals surface area contributed by atoms with E-state index in [1.165, 1.54) is 12.1 Å². The topological polar surface area (TPSA) is 49.3 Å². The first-order valence-corrected chi connectivity index (χ1v) is 7.44. The first kappa shape index (κ1) is 16.7. The molecule has 114 valence electrons. The summed E-state index contributed by atoms with van der Waals surface area (Å²) < 4.78 is -2.04. The molecule has 0 heterocycles. The predicted octanol–water partition coefficient (Wildman–Crippen LogP) is 4.78. The molecule has 2 rings (SSSR count). The number of allylic oxidation sites excluding steroid dienone is 1. The Morgan fingerprint density at radius 3 is 2.18 bits per heavy atom. The summed E-state index contributed by atoms with van der Waals surface area (Å²) in [4.78, 5) is 11.9. The largest absolute Gasteiger partial charge is 0.506 e. The fourth-order valence-electron chi connectivity index (χ4n) is 1.75. The van der Waals surface area contributed by atoms with Crippen molar-refractivity contribution in [2.45, 2.75) is 3.79 Å². The molecule has 0 aliphatic rings. The van der Waals surface area contributed by atoms with Crippen molar-refractivity contribution in [1.29, 1.82) is 0 Å². The van der Waals surface area contributed by atoms with Crippen LogP contribution in [0.5, 0.6) is 5.75 Å². The SMILES string of the molecule is O=C(/C=C(/Nc1ccccc1O)c1ccccc1)C(Cl)(Cl)Cl. The highest BCUT2D eigenvalue weighted by Crippen LogP contribution is 2.31. The number of phenols is 1. The maximum Gasteiger partial charge on any atom is 0.252 e. The van der Waals surface area contributed by atoms with Gasteiger partial charge in [-0.1, -0.05) is 77.3 Å². The molecule has 6 heteroatoms. The number of carbonyl (C=O) groups excluding carboxylic acids is 1. The average Bonchev–Trinajstić information content (AvgIpc) is 2.48. The minimum absolute atomic E-state index is 0.0469. The van der Waals surface area contributed by atoms with Crippen LogP contribution in [0.15, 0.2) is 60.7 Å². The number of ketones is 1. The van der Waals surface area contributed by atoms with E-state index in [-0.39, 0.29) is 5.75 Å². The number of para-hydroxylation sites is 2. The summed E-state index contributed by atoms with van der Waals surface area (Å²) in [5.41, 5.74) is 1.57. The van der Waals surface area contributed by atoms with Crippen molar-refractivity contribution < 1.29 is 9.90 Å². The zero-order valence-corrected chi connectivity index (χ0v) is 13.5. The monoisotopic (exact) mass is 355 g/mol. The second-order valence-corrected chi connectivity index (χ2v) is 6.71. The Hall–Kier alpha value is -1.68. The normalized spacial score (nSPS) is 12.0. The molecule has 22 heavy (non-hydrogen) atoms. The van der Waals surface area contributed by atoms with Gasteiger partial charge in [-0.15, -0.1) is 0 Å². The smallest absolute Gasteiger partial charge is 0.252 e. The molecule has 0 spiro atoms. The van der Waals surface area contributed by atoms with E-state index in [0.717, 1.165) is 0 Å². The molecule has 0 fully saturated rings. The van der Waals surface area contributed by atoms with Crippen LogP contribution in [0.3, 0.4) is 0 Å². The Morgan fingerprint density at radius 2 is 1.59 bits per heavy atom. The van der Waals surface area contributed by atoms with Gasteiger partial charge in [0, 0.05) is 11.8 Å². The molecule has 0 saturated carbocycles. The minimum Gasteiger partial charge on any atom is -0.506 e. The number of hydrogen-bond donors (Lipinski definition) is 2. The van der Waals surface area contributed by atoms with Crippen LogP contribution in [0, 0.1) is 0 Å². The van der Waals surface area contributed by atoms with Crippen LogP contribution in [0.1, 0.15) is 5.56 Å². The van der Waals surface area contributed by atoms with Gasteiger partial charge in [-0.3, -0.25) is 4.79 Å². The molecule has 0 saturated heterocycles. The Bertz CT molecular complexity index is 694. The maximum atomic E-state index is 11.9. The van der Waals surface area contributed by atoms with Crippen molar-refractivity contribution in [3.8, 4) is 5.75 Å². The summed E-state index contributed by atoms with van der Waals surface area (Å²) in [5, 5.41) is 12.8. The summed E-state index contributed by atoms with van der Waals surface area (Å²) in [6.45, 7) is 0. The number of rotatable bonds is 4. The number of nitrogens with one attached hydrogen (secondary N) is 1. The Morgan fingerprint density at radius 1 is 1.00 bits per heavy atom. The Balaban J connectivity index is 2.41. The molecule has 0 unspecified atom stereocenters. The van der Waals surface area contributed by atoms with Gasteiger partial charge in [0.15, 0.2) is 0 Å². The van der Waals surface area contributed by atoms with E-state index in [0.29, 0.717) is 16.9 Å². The van der Waals surface area contributed by atoms with Crippen molar-refractivity contribution in [2.24, 2.45) is 0 Å². The van der Waals surface area contributed by atoms with Gasteiger partial charge < -0.3 is 10.4 Å². The minimum atomic E-state index is -2.04. The zero-order chi connectivity index (χ0) is 16.2. The lowest BCUT2D eigenvalue weighted by molar-refractivity contribution is -0.113. The summed E-state index contributed by atoms with van der Waals surface area (Å²) in [5.74, 6) is -0.634. The van der Waals surface area contributed by atoms with Crippen molar-refractivity contribution in [1.82, 2.24) is 0 Å². The highest BCUT2D eigenvalue weighted by atomic mass is 35.6. The van der Waals surface area contributed by atoms with E-state index < -0.39 is 9.58 Å². The second-order valence-electron chi connectivity index (χ2n) is 4.43. The van der Waals surface area contributed by atoms with E-state index in [4.69, 9.17) is 34.8 Å². The van der Waals surface area contributed by atoms with Gasteiger partial charge in [-0.2, -0.15) is 0 Å². The van der Waals surface area contributed by atoms with Crippen LogP contribution in [0.25, 0.3) is 5.70 Å². The quantitative estimate of drug-likeness (QED) is 0.471. The van der Waals surface area contributed by atoms with Crippen molar-refractivity contribution >= 4 is 52.0 Å². The van der Waals surface area contributed by atoms with Crippen LogP contribution < -0.4 is 5.32 Å². The van der Waals surface area contributed by atoms with Gasteiger partial charge >= 0.3 is 0 Å². The lowest BCUT2D eigenvalue weighted by Crippen LogP contribution is -2.17. The third-order valence-electron chi connectivity index (χ3n) is 2.81. The van der Waals surface area contributed by atoms with E-state index in [1.54, 1.807) is 30.3 Å². The molecule has 0 aliphatic heterocycles. The van der Waals surface area contributed by atoms with E-state index in [2.05, 4.69) is 5.32 Å². The Labute approximate surface area is 143 Å². The first-order chi connectivity index (χ1) is 10.4. The lowest BCUT2D eigenvalue weighted by Gasteiger charge is -2.14. The van der Waals surface area contributed by atoms with E-state index in [1.807, 2.05) is 18.2 Å². The number of halogens is 3. The molecule has 3 nitrogen and oxygen atoms in total. The van der Waals surface area contributed by atoms with Gasteiger partial charge in [0.1, 0.15) is 5.75 Å². The average molecular weight is 357 g/mol. The first-order valence-electron chi connectivity index (χ1n) is 6.31. The zero-order valence-electron chi connectivity index (χ0n) is 11.3. The number of carbonyl (C=O) groups is 1. The van der Waals surface area contributed by atoms with Crippen LogP contribution in [-0.2, 0) is 4.79 Å². The van der Waals surface area contributed by atoms with Gasteiger partial charge in [0.05, 0.1) is 5.69 Å². The van der Waals surface area contributed by atoms with Gasteiger partial charge in [-0.25, -0.2) is 0 Å². The van der Waals surface area contributed by atoms with Crippen molar-refractivity contribution in [2.75, 3.05) is 5.32 Å².